The van der Waals surface area contributed by atoms with Gasteiger partial charge in [-0.3, -0.25) is 14.4 Å². The van der Waals surface area contributed by atoms with Crippen LogP contribution in [-0.2, 0) is 19.1 Å². The Kier molecular flexibility index (Phi) is 12.9. The van der Waals surface area contributed by atoms with E-state index in [1.165, 1.54) is 0 Å². The maximum atomic E-state index is 13.5. The molecule has 0 atom stereocenters. The quantitative estimate of drug-likeness (QED) is 0.0807. The molecule has 276 valence electrons. The first kappa shape index (κ1) is 39.2. The lowest BCUT2D eigenvalue weighted by Crippen LogP contribution is -2.45. The van der Waals surface area contributed by atoms with Gasteiger partial charge in [-0.25, -0.2) is 15.6 Å². The first-order chi connectivity index (χ1) is 24.5. The van der Waals surface area contributed by atoms with Gasteiger partial charge in [0.25, 0.3) is 5.91 Å². The summed E-state index contributed by atoms with van der Waals surface area (Å²) in [6.07, 6.45) is 2.04. The third-order valence-corrected chi connectivity index (χ3v) is 7.73. The Labute approximate surface area is 304 Å². The Hall–Kier alpha value is -5.61. The average molecular weight is 714 g/mol. The molecule has 1 aliphatic carbocycles. The number of amides is 3. The highest BCUT2D eigenvalue weighted by atomic mass is 16.6. The van der Waals surface area contributed by atoms with Crippen molar-refractivity contribution in [3.63, 3.8) is 0 Å². The van der Waals surface area contributed by atoms with Crippen LogP contribution >= 0.6 is 0 Å². The SMILES string of the molecule is CC(C)(C)OC(=O)CCC(=O)N(N)c1ccc(Oc2cc(Oc3ccc(C#N)cc3)cc(C(=O)NC3CCC(NC(=O)OC(C)(C)C)CC3)c2)cc1. The summed E-state index contributed by atoms with van der Waals surface area (Å²) < 4.78 is 22.8. The van der Waals surface area contributed by atoms with Crippen LogP contribution in [0.2, 0.25) is 0 Å². The number of hydrogen-bond donors (Lipinski definition) is 3. The molecule has 1 fully saturated rings. The maximum absolute atomic E-state index is 13.5. The molecule has 0 bridgehead atoms. The molecule has 13 heteroatoms. The van der Waals surface area contributed by atoms with Crippen LogP contribution in [0.3, 0.4) is 0 Å². The van der Waals surface area contributed by atoms with E-state index in [1.807, 2.05) is 20.8 Å². The molecule has 0 unspecified atom stereocenters. The van der Waals surface area contributed by atoms with E-state index in [-0.39, 0.29) is 30.8 Å². The molecular formula is C39H47N5O8. The Bertz CT molecular complexity index is 1760. The zero-order valence-electron chi connectivity index (χ0n) is 30.5. The fraction of sp³-hybridized carbons (Fsp3) is 0.410. The van der Waals surface area contributed by atoms with Gasteiger partial charge in [-0.2, -0.15) is 5.26 Å². The van der Waals surface area contributed by atoms with Crippen molar-refractivity contribution in [1.29, 1.82) is 5.26 Å². The molecular weight excluding hydrogens is 666 g/mol. The van der Waals surface area contributed by atoms with Crippen LogP contribution in [0.25, 0.3) is 0 Å². The molecule has 0 spiro atoms. The van der Waals surface area contributed by atoms with Crippen molar-refractivity contribution < 1.29 is 38.1 Å². The summed E-state index contributed by atoms with van der Waals surface area (Å²) in [5.74, 6) is 6.26. The van der Waals surface area contributed by atoms with Gasteiger partial charge >= 0.3 is 12.1 Å². The summed E-state index contributed by atoms with van der Waals surface area (Å²) in [6, 6.07) is 19.8. The third kappa shape index (κ3) is 12.6. The van der Waals surface area contributed by atoms with Crippen molar-refractivity contribution >= 4 is 29.6 Å². The molecule has 0 radical (unpaired) electrons. The van der Waals surface area contributed by atoms with Crippen LogP contribution in [0.15, 0.2) is 66.7 Å². The first-order valence-electron chi connectivity index (χ1n) is 17.2. The maximum Gasteiger partial charge on any atom is 0.407 e. The van der Waals surface area contributed by atoms with Gasteiger partial charge in [0.15, 0.2) is 0 Å². The zero-order valence-corrected chi connectivity index (χ0v) is 30.5. The van der Waals surface area contributed by atoms with Crippen LogP contribution in [0, 0.1) is 11.3 Å². The number of hydrogen-bond acceptors (Lipinski definition) is 10. The van der Waals surface area contributed by atoms with Crippen LogP contribution in [0.5, 0.6) is 23.0 Å². The molecule has 3 amide bonds. The summed E-state index contributed by atoms with van der Waals surface area (Å²) in [7, 11) is 0. The highest BCUT2D eigenvalue weighted by Crippen LogP contribution is 2.32. The Balaban J connectivity index is 1.43. The lowest BCUT2D eigenvalue weighted by atomic mass is 9.91. The van der Waals surface area contributed by atoms with Gasteiger partial charge in [-0.15, -0.1) is 0 Å². The van der Waals surface area contributed by atoms with Gasteiger partial charge in [0.1, 0.15) is 34.2 Å². The van der Waals surface area contributed by atoms with E-state index >= 15 is 0 Å². The fourth-order valence-electron chi connectivity index (χ4n) is 5.36. The molecule has 13 nitrogen and oxygen atoms in total. The molecule has 0 heterocycles. The second kappa shape index (κ2) is 17.1. The summed E-state index contributed by atoms with van der Waals surface area (Å²) in [4.78, 5) is 50.4. The zero-order chi connectivity index (χ0) is 38.1. The number of esters is 1. The number of benzene rings is 3. The summed E-state index contributed by atoms with van der Waals surface area (Å²) in [5, 5.41) is 16.1. The van der Waals surface area contributed by atoms with Crippen molar-refractivity contribution in [1.82, 2.24) is 10.6 Å². The number of nitrogens with one attached hydrogen (secondary N) is 2. The Morgan fingerprint density at radius 3 is 1.73 bits per heavy atom. The number of hydrazine groups is 1. The van der Waals surface area contributed by atoms with Gasteiger partial charge in [-0.05, 0) is 128 Å². The van der Waals surface area contributed by atoms with Gasteiger partial charge in [-0.1, -0.05) is 0 Å². The summed E-state index contributed by atoms with van der Waals surface area (Å²) in [5.41, 5.74) is -0.0749. The normalized spacial score (nSPS) is 15.7. The molecule has 0 saturated heterocycles. The number of nitrogens with zero attached hydrogens (tertiary/aromatic N) is 2. The number of ether oxygens (including phenoxy) is 4. The minimum atomic E-state index is -0.652. The third-order valence-electron chi connectivity index (χ3n) is 7.73. The van der Waals surface area contributed by atoms with E-state index in [9.17, 15) is 19.2 Å². The summed E-state index contributed by atoms with van der Waals surface area (Å²) in [6.45, 7) is 10.7. The fourth-order valence-corrected chi connectivity index (χ4v) is 5.36. The highest BCUT2D eigenvalue weighted by molar-refractivity contribution is 5.95. The van der Waals surface area contributed by atoms with E-state index in [4.69, 9.17) is 30.1 Å². The highest BCUT2D eigenvalue weighted by Gasteiger charge is 2.26. The molecule has 0 aliphatic heterocycles. The molecule has 3 aromatic rings. The number of carbonyl (C=O) groups is 4. The van der Waals surface area contributed by atoms with E-state index in [0.717, 1.165) is 5.01 Å². The van der Waals surface area contributed by atoms with Crippen molar-refractivity contribution in [2.45, 2.75) is 103 Å². The van der Waals surface area contributed by atoms with E-state index in [1.54, 1.807) is 87.5 Å². The van der Waals surface area contributed by atoms with Crippen molar-refractivity contribution in [3.8, 4) is 29.1 Å². The number of anilines is 1. The van der Waals surface area contributed by atoms with Gasteiger partial charge < -0.3 is 29.6 Å². The predicted molar refractivity (Wildman–Crippen MR) is 194 cm³/mol. The Morgan fingerprint density at radius 1 is 0.731 bits per heavy atom. The minimum absolute atomic E-state index is 0.0414. The van der Waals surface area contributed by atoms with Crippen molar-refractivity contribution in [2.24, 2.45) is 5.84 Å². The number of rotatable bonds is 11. The Morgan fingerprint density at radius 2 is 1.23 bits per heavy atom. The van der Waals surface area contributed by atoms with Crippen LogP contribution < -0.4 is 31.0 Å². The standard InChI is InChI=1S/C39H47N5O8/c1-38(2,3)51-35(46)20-19-34(45)44(41)29-13-17-31(18-14-29)50-33-22-26(21-32(23-33)49-30-15-7-25(24-40)8-16-30)36(47)42-27-9-11-28(12-10-27)43-37(48)52-39(4,5)6/h7-8,13-18,21-23,27-28H,9-12,19-20,41H2,1-6H3,(H,42,47)(H,43,48). The second-order valence-corrected chi connectivity index (χ2v) is 14.5. The number of carbonyl (C=O) groups excluding carboxylic acids is 4. The predicted octanol–water partition coefficient (Wildman–Crippen LogP) is 7.04. The van der Waals surface area contributed by atoms with Gasteiger partial charge in [0.05, 0.1) is 23.7 Å². The van der Waals surface area contributed by atoms with Crippen molar-refractivity contribution in [2.75, 3.05) is 5.01 Å². The van der Waals surface area contributed by atoms with Crippen LogP contribution in [0.1, 0.15) is 96.0 Å². The van der Waals surface area contributed by atoms with Crippen molar-refractivity contribution in [3.05, 3.63) is 77.9 Å². The first-order valence-corrected chi connectivity index (χ1v) is 17.2. The molecule has 0 aromatic heterocycles. The van der Waals surface area contributed by atoms with Gasteiger partial charge in [0.2, 0.25) is 5.91 Å². The molecule has 1 saturated carbocycles. The minimum Gasteiger partial charge on any atom is -0.460 e. The smallest absolute Gasteiger partial charge is 0.407 e. The van der Waals surface area contributed by atoms with Crippen LogP contribution in [-0.4, -0.2) is 47.2 Å². The lowest BCUT2D eigenvalue weighted by Gasteiger charge is -2.30. The number of nitrogens with two attached hydrogens (primary N) is 1. The molecule has 4 N–H and O–H groups in total. The lowest BCUT2D eigenvalue weighted by molar-refractivity contribution is -0.155. The summed E-state index contributed by atoms with van der Waals surface area (Å²) >= 11 is 0. The van der Waals surface area contributed by atoms with E-state index in [2.05, 4.69) is 16.7 Å². The monoisotopic (exact) mass is 713 g/mol. The number of nitriles is 1. The second-order valence-electron chi connectivity index (χ2n) is 14.5. The molecule has 4 rings (SSSR count). The molecule has 52 heavy (non-hydrogen) atoms. The topological polar surface area (TPSA) is 182 Å². The van der Waals surface area contributed by atoms with E-state index < -0.39 is 29.2 Å². The average Bonchev–Trinajstić information content (AvgIpc) is 3.06. The molecule has 3 aromatic carbocycles. The van der Waals surface area contributed by atoms with E-state index in [0.29, 0.717) is 65.5 Å². The largest absolute Gasteiger partial charge is 0.460 e. The molecule has 1 aliphatic rings. The van der Waals surface area contributed by atoms with Gasteiger partial charge in [0, 0.05) is 30.1 Å². The van der Waals surface area contributed by atoms with Crippen LogP contribution in [0.4, 0.5) is 10.5 Å². The number of alkyl carbamates (subject to hydrolysis) is 1.